The van der Waals surface area contributed by atoms with Gasteiger partial charge in [-0.15, -0.1) is 0 Å². The molecule has 0 aromatic heterocycles. The van der Waals surface area contributed by atoms with Crippen LogP contribution in [-0.4, -0.2) is 37.0 Å². The summed E-state index contributed by atoms with van der Waals surface area (Å²) in [5.74, 6) is -0.623. The van der Waals surface area contributed by atoms with Crippen LogP contribution in [0.5, 0.6) is 5.75 Å². The predicted molar refractivity (Wildman–Crippen MR) is 145 cm³/mol. The van der Waals surface area contributed by atoms with Crippen LogP contribution in [-0.2, 0) is 38.6 Å². The van der Waals surface area contributed by atoms with E-state index in [1.165, 1.54) is 14.0 Å². The molecular weight excluding hydrogens is 571 g/mol. The van der Waals surface area contributed by atoms with Gasteiger partial charge in [-0.3, -0.25) is 9.59 Å². The van der Waals surface area contributed by atoms with Gasteiger partial charge in [0.1, 0.15) is 24.4 Å². The zero-order valence-electron chi connectivity index (χ0n) is 20.2. The Hall–Kier alpha value is -3.40. The van der Waals surface area contributed by atoms with Gasteiger partial charge in [0.2, 0.25) is 11.8 Å². The summed E-state index contributed by atoms with van der Waals surface area (Å²) in [6.45, 7) is 1.80. The summed E-state index contributed by atoms with van der Waals surface area (Å²) in [5.41, 5.74) is 2.79. The van der Waals surface area contributed by atoms with Gasteiger partial charge in [-0.25, -0.2) is 4.79 Å². The molecule has 0 spiro atoms. The van der Waals surface area contributed by atoms with Crippen molar-refractivity contribution in [2.45, 2.75) is 38.5 Å². The molecule has 0 radical (unpaired) electrons. The van der Waals surface area contributed by atoms with Gasteiger partial charge in [-0.1, -0.05) is 66.7 Å². The number of methoxy groups -OCH3 is 1. The summed E-state index contributed by atoms with van der Waals surface area (Å²) in [6.07, 6.45) is 0.525. The number of amides is 2. The van der Waals surface area contributed by atoms with E-state index in [0.29, 0.717) is 6.61 Å². The topological polar surface area (TPSA) is 93.7 Å². The van der Waals surface area contributed by atoms with Crippen molar-refractivity contribution in [3.05, 3.63) is 99.1 Å². The third-order valence-corrected chi connectivity index (χ3v) is 6.30. The number of nitrogens with one attached hydrogen (secondary N) is 2. The van der Waals surface area contributed by atoms with Crippen molar-refractivity contribution >= 4 is 40.4 Å². The fourth-order valence-electron chi connectivity index (χ4n) is 3.67. The van der Waals surface area contributed by atoms with Gasteiger partial charge < -0.3 is 20.1 Å². The molecule has 0 aliphatic rings. The molecular formula is C28H29IN2O5. The maximum Gasteiger partial charge on any atom is 0.328 e. The van der Waals surface area contributed by atoms with Crippen molar-refractivity contribution in [3.8, 4) is 5.75 Å². The molecule has 0 aliphatic carbocycles. The molecule has 0 aliphatic heterocycles. The maximum absolute atomic E-state index is 13.2. The predicted octanol–water partition coefficient (Wildman–Crippen LogP) is 3.82. The SMILES string of the molecule is COC(=O)[C@H](Cc1ccccc1)NC(=O)[C@H](Cc1ccc(OCc2ccccc2)c(I)c1)NC(C)=O. The van der Waals surface area contributed by atoms with Crippen molar-refractivity contribution < 1.29 is 23.9 Å². The molecule has 3 aromatic rings. The van der Waals surface area contributed by atoms with Crippen LogP contribution in [0.4, 0.5) is 0 Å². The fraction of sp³-hybridized carbons (Fsp3) is 0.250. The van der Waals surface area contributed by atoms with Gasteiger partial charge in [0.25, 0.3) is 0 Å². The Morgan fingerprint density at radius 1 is 0.806 bits per heavy atom. The van der Waals surface area contributed by atoms with Crippen LogP contribution in [0, 0.1) is 3.57 Å². The van der Waals surface area contributed by atoms with Crippen LogP contribution in [0.2, 0.25) is 0 Å². The third kappa shape index (κ3) is 8.37. The second kappa shape index (κ2) is 13.6. The standard InChI is InChI=1S/C28H29IN2O5/c1-19(32)30-24(27(33)31-25(28(34)35-2)16-20-9-5-3-6-10-20)17-22-13-14-26(23(29)15-22)36-18-21-11-7-4-8-12-21/h3-15,24-25H,16-18H2,1-2H3,(H,30,32)(H,31,33)/t24-,25-/m0/s1. The van der Waals surface area contributed by atoms with Crippen molar-refractivity contribution in [1.82, 2.24) is 10.6 Å². The van der Waals surface area contributed by atoms with Crippen LogP contribution in [0.25, 0.3) is 0 Å². The molecule has 0 saturated heterocycles. The van der Waals surface area contributed by atoms with E-state index in [0.717, 1.165) is 26.0 Å². The molecule has 0 unspecified atom stereocenters. The zero-order valence-corrected chi connectivity index (χ0v) is 22.4. The number of carbonyl (C=O) groups is 3. The van der Waals surface area contributed by atoms with E-state index in [2.05, 4.69) is 33.2 Å². The minimum atomic E-state index is -0.880. The normalized spacial score (nSPS) is 12.2. The van der Waals surface area contributed by atoms with Gasteiger partial charge in [0, 0.05) is 19.8 Å². The van der Waals surface area contributed by atoms with Gasteiger partial charge >= 0.3 is 5.97 Å². The molecule has 2 amide bonds. The van der Waals surface area contributed by atoms with Gasteiger partial charge in [0.05, 0.1) is 10.7 Å². The average Bonchev–Trinajstić information content (AvgIpc) is 2.88. The Morgan fingerprint density at radius 2 is 1.42 bits per heavy atom. The van der Waals surface area contributed by atoms with E-state index in [-0.39, 0.29) is 18.7 Å². The number of esters is 1. The summed E-state index contributed by atoms with van der Waals surface area (Å²) < 4.78 is 11.7. The third-order valence-electron chi connectivity index (χ3n) is 5.45. The van der Waals surface area contributed by atoms with E-state index >= 15 is 0 Å². The van der Waals surface area contributed by atoms with Crippen LogP contribution in [0.3, 0.4) is 0 Å². The Bertz CT molecular complexity index is 1170. The first-order valence-corrected chi connectivity index (χ1v) is 12.6. The number of rotatable bonds is 11. The molecule has 0 heterocycles. The van der Waals surface area contributed by atoms with E-state index in [9.17, 15) is 14.4 Å². The van der Waals surface area contributed by atoms with E-state index in [4.69, 9.17) is 9.47 Å². The summed E-state index contributed by atoms with van der Waals surface area (Å²) in [6, 6.07) is 23.1. The van der Waals surface area contributed by atoms with E-state index < -0.39 is 24.0 Å². The van der Waals surface area contributed by atoms with Crippen LogP contribution < -0.4 is 15.4 Å². The number of benzene rings is 3. The first kappa shape index (κ1) is 27.2. The lowest BCUT2D eigenvalue weighted by Gasteiger charge is -2.22. The van der Waals surface area contributed by atoms with Crippen molar-refractivity contribution in [2.24, 2.45) is 0 Å². The van der Waals surface area contributed by atoms with Gasteiger partial charge in [0.15, 0.2) is 0 Å². The molecule has 3 aromatic carbocycles. The van der Waals surface area contributed by atoms with Crippen molar-refractivity contribution in [1.29, 1.82) is 0 Å². The molecule has 0 saturated carbocycles. The Kier molecular flexibility index (Phi) is 10.3. The Morgan fingerprint density at radius 3 is 2.00 bits per heavy atom. The molecule has 2 atom stereocenters. The molecule has 8 heteroatoms. The second-order valence-corrected chi connectivity index (χ2v) is 9.43. The minimum Gasteiger partial charge on any atom is -0.488 e. The highest BCUT2D eigenvalue weighted by atomic mass is 127. The highest BCUT2D eigenvalue weighted by Crippen LogP contribution is 2.24. The maximum atomic E-state index is 13.2. The lowest BCUT2D eigenvalue weighted by molar-refractivity contribution is -0.145. The van der Waals surface area contributed by atoms with Crippen molar-refractivity contribution in [3.63, 3.8) is 0 Å². The summed E-state index contributed by atoms with van der Waals surface area (Å²) in [7, 11) is 1.28. The first-order chi connectivity index (χ1) is 17.4. The Balaban J connectivity index is 1.69. The molecule has 3 rings (SSSR count). The smallest absolute Gasteiger partial charge is 0.328 e. The minimum absolute atomic E-state index is 0.250. The first-order valence-electron chi connectivity index (χ1n) is 11.5. The van der Waals surface area contributed by atoms with Crippen molar-refractivity contribution in [2.75, 3.05) is 7.11 Å². The van der Waals surface area contributed by atoms with Gasteiger partial charge in [-0.2, -0.15) is 0 Å². The van der Waals surface area contributed by atoms with Crippen LogP contribution in [0.15, 0.2) is 78.9 Å². The number of hydrogen-bond acceptors (Lipinski definition) is 5. The van der Waals surface area contributed by atoms with E-state index in [1.807, 2.05) is 78.9 Å². The molecule has 36 heavy (non-hydrogen) atoms. The number of carbonyl (C=O) groups excluding carboxylic acids is 3. The number of hydrogen-bond donors (Lipinski definition) is 2. The monoisotopic (exact) mass is 600 g/mol. The van der Waals surface area contributed by atoms with Gasteiger partial charge in [-0.05, 0) is 51.4 Å². The summed E-state index contributed by atoms with van der Waals surface area (Å²) in [4.78, 5) is 37.4. The molecule has 2 N–H and O–H groups in total. The zero-order chi connectivity index (χ0) is 25.9. The summed E-state index contributed by atoms with van der Waals surface area (Å²) in [5, 5.41) is 5.45. The Labute approximate surface area is 224 Å². The summed E-state index contributed by atoms with van der Waals surface area (Å²) >= 11 is 2.19. The molecule has 188 valence electrons. The lowest BCUT2D eigenvalue weighted by Crippen LogP contribution is -2.53. The number of halogens is 1. The van der Waals surface area contributed by atoms with Crippen LogP contribution >= 0.6 is 22.6 Å². The largest absolute Gasteiger partial charge is 0.488 e. The molecule has 0 bridgehead atoms. The second-order valence-electron chi connectivity index (χ2n) is 8.27. The van der Waals surface area contributed by atoms with Crippen LogP contribution in [0.1, 0.15) is 23.6 Å². The quantitative estimate of drug-likeness (QED) is 0.258. The lowest BCUT2D eigenvalue weighted by atomic mass is 10.0. The number of ether oxygens (including phenoxy) is 2. The molecule has 0 fully saturated rings. The highest BCUT2D eigenvalue weighted by Gasteiger charge is 2.27. The average molecular weight is 600 g/mol. The molecule has 7 nitrogen and oxygen atoms in total. The highest BCUT2D eigenvalue weighted by molar-refractivity contribution is 14.1. The fourth-order valence-corrected chi connectivity index (χ4v) is 4.41. The van der Waals surface area contributed by atoms with E-state index in [1.54, 1.807) is 0 Å².